The van der Waals surface area contributed by atoms with Crippen LogP contribution in [0.4, 0.5) is 14.9 Å². The number of carbonyl (C=O) groups is 2. The number of aromatic nitrogens is 1. The van der Waals surface area contributed by atoms with Gasteiger partial charge < -0.3 is 15.0 Å². The minimum absolute atomic E-state index is 0.242. The second-order valence-corrected chi connectivity index (χ2v) is 9.54. The zero-order chi connectivity index (χ0) is 24.7. The Morgan fingerprint density at radius 3 is 2.53 bits per heavy atom. The molecule has 2 aliphatic rings. The zero-order valence-corrected chi connectivity index (χ0v) is 20.1. The van der Waals surface area contributed by atoms with Crippen molar-refractivity contribution >= 4 is 35.8 Å². The Balaban J connectivity index is 0.000000751. The predicted molar refractivity (Wildman–Crippen MR) is 132 cm³/mol. The van der Waals surface area contributed by atoms with Crippen molar-refractivity contribution in [2.75, 3.05) is 18.6 Å². The highest BCUT2D eigenvalue weighted by Gasteiger charge is 2.40. The second kappa shape index (κ2) is 11.4. The molecule has 34 heavy (non-hydrogen) atoms. The fourth-order valence-corrected chi connectivity index (χ4v) is 5.62. The van der Waals surface area contributed by atoms with Crippen molar-refractivity contribution in [3.05, 3.63) is 30.2 Å². The summed E-state index contributed by atoms with van der Waals surface area (Å²) in [6.07, 6.45) is 11.7. The lowest BCUT2D eigenvalue weighted by molar-refractivity contribution is -0.126. The van der Waals surface area contributed by atoms with Gasteiger partial charge in [-0.15, -0.1) is 0 Å². The average Bonchev–Trinajstić information content (AvgIpc) is 3.25. The highest BCUT2D eigenvalue weighted by molar-refractivity contribution is 6.67. The molecule has 7 nitrogen and oxygen atoms in total. The van der Waals surface area contributed by atoms with Crippen LogP contribution in [0.2, 0.25) is 12.6 Å². The molecule has 1 aliphatic carbocycles. The third kappa shape index (κ3) is 5.54. The quantitative estimate of drug-likeness (QED) is 0.474. The van der Waals surface area contributed by atoms with Gasteiger partial charge in [-0.2, -0.15) is 0 Å². The Bertz CT molecular complexity index is 1030. The van der Waals surface area contributed by atoms with Crippen LogP contribution in [0.5, 0.6) is 0 Å². The molecule has 182 valence electrons. The van der Waals surface area contributed by atoms with Gasteiger partial charge in [0.2, 0.25) is 0 Å². The van der Waals surface area contributed by atoms with Crippen molar-refractivity contribution in [1.82, 2.24) is 4.57 Å². The summed E-state index contributed by atoms with van der Waals surface area (Å²) in [6, 6.07) is 5.05. The number of fused-ring (bicyclic) bond motifs is 1. The van der Waals surface area contributed by atoms with E-state index in [9.17, 15) is 9.18 Å². The van der Waals surface area contributed by atoms with Crippen molar-refractivity contribution in [2.45, 2.75) is 70.6 Å². The lowest BCUT2D eigenvalue weighted by atomic mass is 9.38. The van der Waals surface area contributed by atoms with Crippen LogP contribution in [0.1, 0.15) is 57.9 Å². The van der Waals surface area contributed by atoms with Gasteiger partial charge in [0.05, 0.1) is 18.3 Å². The fraction of sp³-hybridized carbons (Fsp3) is 0.560. The number of amides is 2. The molecule has 1 aromatic carbocycles. The molecule has 1 saturated heterocycles. The van der Waals surface area contributed by atoms with E-state index in [2.05, 4.69) is 21.5 Å². The summed E-state index contributed by atoms with van der Waals surface area (Å²) in [5.74, 6) is 2.03. The van der Waals surface area contributed by atoms with Gasteiger partial charge in [0, 0.05) is 36.2 Å². The molecule has 0 atom stereocenters. The number of nitriles is 1. The van der Waals surface area contributed by atoms with Gasteiger partial charge >= 0.3 is 6.03 Å². The summed E-state index contributed by atoms with van der Waals surface area (Å²) in [6.45, 7) is 2.95. The van der Waals surface area contributed by atoms with Crippen LogP contribution in [-0.2, 0) is 9.53 Å². The minimum Gasteiger partial charge on any atom is -0.471 e. The van der Waals surface area contributed by atoms with Crippen LogP contribution < -0.4 is 10.6 Å². The maximum absolute atomic E-state index is 14.9. The number of methoxy groups -OCH3 is 1. The van der Waals surface area contributed by atoms with Crippen LogP contribution in [0.25, 0.3) is 10.9 Å². The summed E-state index contributed by atoms with van der Waals surface area (Å²) in [5.41, 5.74) is 7.02. The number of ether oxygens (including phenoxy) is 1. The number of rotatable bonds is 5. The standard InChI is InChI=1S/C23H30BFN4O.C2H4O2/c1-2-12-29(22(27)30)21-14-17-5-13-28(20(17)15-19(21)25)18-3-6-23(7-4-18)8-10-24(16-26)11-9-23;1-4-2-3/h5,13-15,18H,2-4,6-12H2,1H3,(H2,27,30);2H,1H3. The van der Waals surface area contributed by atoms with Gasteiger partial charge in [0.1, 0.15) is 5.82 Å². The van der Waals surface area contributed by atoms with E-state index in [0.717, 1.165) is 36.4 Å². The van der Waals surface area contributed by atoms with Crippen LogP contribution in [-0.4, -0.2) is 37.4 Å². The Labute approximate surface area is 201 Å². The van der Waals surface area contributed by atoms with E-state index in [1.165, 1.54) is 37.7 Å². The molecule has 0 bridgehead atoms. The molecule has 2 fully saturated rings. The molecule has 0 unspecified atom stereocenters. The SMILES string of the molecule is CCCN(C(N)=O)c1cc2ccn(C3CCC4(CCB(C#N)CC4)CC3)c2cc1F.COC=O. The molecule has 0 radical (unpaired) electrons. The first-order chi connectivity index (χ1) is 16.4. The zero-order valence-electron chi connectivity index (χ0n) is 20.1. The van der Waals surface area contributed by atoms with Gasteiger partial charge in [-0.3, -0.25) is 9.69 Å². The lowest BCUT2D eigenvalue weighted by Crippen LogP contribution is -2.37. The van der Waals surface area contributed by atoms with E-state index in [-0.39, 0.29) is 12.4 Å². The van der Waals surface area contributed by atoms with Gasteiger partial charge in [-0.1, -0.05) is 32.4 Å². The van der Waals surface area contributed by atoms with Crippen LogP contribution in [0, 0.1) is 22.5 Å². The number of hydrogen-bond donors (Lipinski definition) is 1. The molecule has 2 N–H and O–H groups in total. The van der Waals surface area contributed by atoms with Gasteiger partial charge in [0.25, 0.3) is 13.2 Å². The molecule has 2 aromatic rings. The molecular formula is C25H34BFN4O3. The molecule has 1 spiro atoms. The number of nitrogens with zero attached hydrogens (tertiary/aromatic N) is 3. The maximum Gasteiger partial charge on any atom is 0.319 e. The van der Waals surface area contributed by atoms with Crippen molar-refractivity contribution in [2.24, 2.45) is 11.1 Å². The number of urea groups is 1. The fourth-order valence-electron chi connectivity index (χ4n) is 5.62. The van der Waals surface area contributed by atoms with Gasteiger partial charge in [-0.05, 0) is 49.7 Å². The largest absolute Gasteiger partial charge is 0.471 e. The molecule has 1 aromatic heterocycles. The smallest absolute Gasteiger partial charge is 0.319 e. The normalized spacial score (nSPS) is 17.5. The maximum atomic E-state index is 14.9. The summed E-state index contributed by atoms with van der Waals surface area (Å²) < 4.78 is 21.0. The van der Waals surface area contributed by atoms with E-state index < -0.39 is 11.8 Å². The number of hydrogen-bond acceptors (Lipinski definition) is 4. The molecular weight excluding hydrogens is 434 g/mol. The topological polar surface area (TPSA) is 101 Å². The highest BCUT2D eigenvalue weighted by Crippen LogP contribution is 2.50. The molecule has 1 saturated carbocycles. The van der Waals surface area contributed by atoms with Crippen molar-refractivity contribution in [3.63, 3.8) is 0 Å². The highest BCUT2D eigenvalue weighted by atomic mass is 19.1. The van der Waals surface area contributed by atoms with Crippen LogP contribution in [0.15, 0.2) is 24.4 Å². The Kier molecular flexibility index (Phi) is 8.59. The predicted octanol–water partition coefficient (Wildman–Crippen LogP) is 5.32. The van der Waals surface area contributed by atoms with Crippen LogP contribution >= 0.6 is 0 Å². The number of anilines is 1. The Morgan fingerprint density at radius 1 is 1.35 bits per heavy atom. The number of carbonyl (C=O) groups excluding carboxylic acids is 2. The summed E-state index contributed by atoms with van der Waals surface area (Å²) in [7, 11) is 1.31. The first-order valence-corrected chi connectivity index (χ1v) is 12.1. The van der Waals surface area contributed by atoms with Gasteiger partial charge in [0.15, 0.2) is 0 Å². The number of primary amides is 1. The summed E-state index contributed by atoms with van der Waals surface area (Å²) >= 11 is 0. The first-order valence-electron chi connectivity index (χ1n) is 12.1. The summed E-state index contributed by atoms with van der Waals surface area (Å²) in [5, 5.41) is 10.1. The third-order valence-electron chi connectivity index (χ3n) is 7.53. The number of benzene rings is 1. The Morgan fingerprint density at radius 2 is 2.00 bits per heavy atom. The second-order valence-electron chi connectivity index (χ2n) is 9.54. The first kappa shape index (κ1) is 25.6. The molecule has 1 aliphatic heterocycles. The minimum atomic E-state index is -0.627. The molecule has 2 heterocycles. The van der Waals surface area contributed by atoms with E-state index in [1.807, 2.05) is 13.0 Å². The molecule has 4 rings (SSSR count). The van der Waals surface area contributed by atoms with E-state index in [1.54, 1.807) is 12.1 Å². The van der Waals surface area contributed by atoms with E-state index >= 15 is 0 Å². The van der Waals surface area contributed by atoms with Gasteiger partial charge in [-0.25, -0.2) is 14.4 Å². The van der Waals surface area contributed by atoms with Crippen molar-refractivity contribution in [1.29, 1.82) is 5.26 Å². The Hall–Kier alpha value is -3.02. The molecule has 2 amide bonds. The van der Waals surface area contributed by atoms with E-state index in [0.29, 0.717) is 30.9 Å². The van der Waals surface area contributed by atoms with Crippen molar-refractivity contribution in [3.8, 4) is 5.97 Å². The summed E-state index contributed by atoms with van der Waals surface area (Å²) in [4.78, 5) is 22.0. The number of nitrogens with two attached hydrogens (primary N) is 1. The van der Waals surface area contributed by atoms with Crippen molar-refractivity contribution < 1.29 is 18.7 Å². The third-order valence-corrected chi connectivity index (χ3v) is 7.53. The monoisotopic (exact) mass is 468 g/mol. The molecule has 9 heteroatoms. The number of halogens is 1. The van der Waals surface area contributed by atoms with Crippen LogP contribution in [0.3, 0.4) is 0 Å². The average molecular weight is 468 g/mol. The lowest BCUT2D eigenvalue weighted by Gasteiger charge is -2.44. The van der Waals surface area contributed by atoms with E-state index in [4.69, 9.17) is 15.8 Å².